The second-order valence-corrected chi connectivity index (χ2v) is 7.01. The van der Waals surface area contributed by atoms with Gasteiger partial charge in [-0.15, -0.1) is 7.37 Å². The molecule has 0 aromatic rings. The molecule has 104 valence electrons. The Morgan fingerprint density at radius 2 is 1.39 bits per heavy atom. The van der Waals surface area contributed by atoms with Crippen LogP contribution in [0.1, 0.15) is 55.4 Å². The highest BCUT2D eigenvalue weighted by molar-refractivity contribution is 7.03. The fraction of sp³-hybridized carbons (Fsp3) is 1.00. The molecule has 0 bridgehead atoms. The van der Waals surface area contributed by atoms with Crippen LogP contribution in [0.25, 0.3) is 0 Å². The lowest BCUT2D eigenvalue weighted by Crippen LogP contribution is -2.50. The van der Waals surface area contributed by atoms with Crippen molar-refractivity contribution in [3.8, 4) is 0 Å². The van der Waals surface area contributed by atoms with Gasteiger partial charge in [0.25, 0.3) is 0 Å². The first-order chi connectivity index (χ1) is 7.79. The zero-order valence-electron chi connectivity index (χ0n) is 12.9. The largest absolute Gasteiger partial charge is 0.653 e. The molecule has 0 aliphatic carbocycles. The molecule has 0 amide bonds. The Morgan fingerprint density at radius 1 is 1.00 bits per heavy atom. The molecular weight excluding hydrogens is 230 g/mol. The van der Waals surface area contributed by atoms with E-state index in [2.05, 4.69) is 0 Å². The molecule has 18 heavy (non-hydrogen) atoms. The highest BCUT2D eigenvalue weighted by Crippen LogP contribution is 2.36. The van der Waals surface area contributed by atoms with Gasteiger partial charge in [0, 0.05) is 13.8 Å². The predicted octanol–water partition coefficient (Wildman–Crippen LogP) is 1.49. The summed E-state index contributed by atoms with van der Waals surface area (Å²) in [4.78, 5) is 0. The number of hydrogen-bond acceptors (Lipinski definition) is 3. The van der Waals surface area contributed by atoms with Gasteiger partial charge in [0.15, 0.2) is 5.60 Å². The van der Waals surface area contributed by atoms with Crippen LogP contribution in [0.3, 0.4) is 0 Å². The van der Waals surface area contributed by atoms with Gasteiger partial charge < -0.3 is 19.1 Å². The van der Waals surface area contributed by atoms with Gasteiger partial charge in [0.1, 0.15) is 0 Å². The van der Waals surface area contributed by atoms with E-state index in [9.17, 15) is 0 Å². The van der Waals surface area contributed by atoms with Crippen molar-refractivity contribution in [1.82, 2.24) is 0 Å². The molecule has 1 aliphatic rings. The predicted molar refractivity (Wildman–Crippen MR) is 74.7 cm³/mol. The van der Waals surface area contributed by atoms with E-state index in [0.717, 1.165) is 0 Å². The van der Waals surface area contributed by atoms with E-state index in [0.29, 0.717) is 0 Å². The van der Waals surface area contributed by atoms with E-state index in [1.165, 1.54) is 0 Å². The van der Waals surface area contributed by atoms with E-state index in [4.69, 9.17) is 19.1 Å². The molecule has 6 heteroatoms. The third-order valence-electron chi connectivity index (χ3n) is 4.25. The quantitative estimate of drug-likeness (QED) is 0.565. The van der Waals surface area contributed by atoms with Gasteiger partial charge in [0.05, 0.1) is 16.8 Å². The van der Waals surface area contributed by atoms with Gasteiger partial charge in [-0.2, -0.15) is 0 Å². The minimum absolute atomic E-state index is 0.363. The van der Waals surface area contributed by atoms with Crippen LogP contribution in [-0.4, -0.2) is 41.9 Å². The minimum atomic E-state index is -0.701. The maximum Gasteiger partial charge on any atom is 0.220 e. The standard InChI is InChI=1S/C12H25B2O4/c1-9(2,15)10(3,4)16-13-14-17-11(5,6)12(7,8)18-14/h15H,1-8H3/q-1/p+1. The summed E-state index contributed by atoms with van der Waals surface area (Å²) in [6.07, 6.45) is 0. The molecule has 0 atom stereocenters. The summed E-state index contributed by atoms with van der Waals surface area (Å²) in [5, 5.41) is 8.04. The molecule has 1 saturated heterocycles. The Labute approximate surface area is 112 Å². The molecule has 0 aromatic carbocycles. The van der Waals surface area contributed by atoms with Crippen molar-refractivity contribution >= 4 is 14.4 Å². The van der Waals surface area contributed by atoms with Gasteiger partial charge in [-0.25, -0.2) is 0 Å². The topological polar surface area (TPSA) is 50.6 Å². The lowest BCUT2D eigenvalue weighted by molar-refractivity contribution is -0.0894. The summed E-state index contributed by atoms with van der Waals surface area (Å²) in [6.45, 7) is 15.4. The maximum absolute atomic E-state index is 8.04. The Bertz CT molecular complexity index is 292. The van der Waals surface area contributed by atoms with Crippen LogP contribution in [0.2, 0.25) is 0 Å². The monoisotopic (exact) mass is 256 g/mol. The first-order valence-corrected chi connectivity index (χ1v) is 6.40. The average molecular weight is 256 g/mol. The summed E-state index contributed by atoms with van der Waals surface area (Å²) in [6, 6.07) is 0. The number of hydrogen-bond donors (Lipinski definition) is 0. The molecule has 1 fully saturated rings. The summed E-state index contributed by atoms with van der Waals surface area (Å²) < 4.78 is 17.3. The van der Waals surface area contributed by atoms with E-state index in [1.807, 2.05) is 55.4 Å². The van der Waals surface area contributed by atoms with Crippen LogP contribution < -0.4 is 0 Å². The average Bonchev–Trinajstić information content (AvgIpc) is 2.30. The van der Waals surface area contributed by atoms with Crippen molar-refractivity contribution in [2.24, 2.45) is 0 Å². The van der Waals surface area contributed by atoms with Gasteiger partial charge in [0.2, 0.25) is 7.01 Å². The van der Waals surface area contributed by atoms with Crippen LogP contribution in [0.5, 0.6) is 0 Å². The second kappa shape index (κ2) is 4.51. The molecule has 0 spiro atoms. The lowest BCUT2D eigenvalue weighted by atomic mass is 9.55. The summed E-state index contributed by atoms with van der Waals surface area (Å²) in [5.41, 5.74) is -2.03. The van der Waals surface area contributed by atoms with Gasteiger partial charge in [-0.3, -0.25) is 0 Å². The van der Waals surface area contributed by atoms with Crippen LogP contribution in [-0.2, 0) is 14.0 Å². The van der Waals surface area contributed by atoms with Crippen LogP contribution in [0, 0.1) is 0 Å². The maximum atomic E-state index is 8.04. The zero-order valence-corrected chi connectivity index (χ0v) is 12.9. The minimum Gasteiger partial charge on any atom is -0.653 e. The first-order valence-electron chi connectivity index (χ1n) is 6.40. The molecule has 2 N–H and O–H groups in total. The molecule has 0 saturated carbocycles. The van der Waals surface area contributed by atoms with Gasteiger partial charge >= 0.3 is 0 Å². The SMILES string of the molecule is CC(C)([OH2+])C(C)(C)O[B-]B1OC(C)(C)C(C)(C)O1. The highest BCUT2D eigenvalue weighted by Gasteiger charge is 2.46. The summed E-state index contributed by atoms with van der Waals surface area (Å²) >= 11 is 0. The highest BCUT2D eigenvalue weighted by atomic mass is 16.7. The van der Waals surface area contributed by atoms with Crippen molar-refractivity contribution in [3.63, 3.8) is 0 Å². The van der Waals surface area contributed by atoms with Gasteiger partial charge in [-0.1, -0.05) is 0 Å². The summed E-state index contributed by atoms with van der Waals surface area (Å²) in [5.74, 6) is 0. The third kappa shape index (κ3) is 3.10. The second-order valence-electron chi connectivity index (χ2n) is 7.01. The van der Waals surface area contributed by atoms with E-state index in [1.54, 1.807) is 7.37 Å². The van der Waals surface area contributed by atoms with E-state index >= 15 is 0 Å². The van der Waals surface area contributed by atoms with Crippen molar-refractivity contribution in [2.45, 2.75) is 77.8 Å². The van der Waals surface area contributed by atoms with Crippen LogP contribution >= 0.6 is 0 Å². The molecule has 0 unspecified atom stereocenters. The molecule has 1 heterocycles. The number of rotatable bonds is 4. The molecule has 1 rings (SSSR count). The normalized spacial score (nSPS) is 23.5. The molecule has 2 radical (unpaired) electrons. The Hall–Kier alpha value is -0.0301. The van der Waals surface area contributed by atoms with Crippen molar-refractivity contribution < 1.29 is 19.1 Å². The summed E-state index contributed by atoms with van der Waals surface area (Å²) in [7, 11) is 1.07. The molecular formula is C12H26B2O4. The van der Waals surface area contributed by atoms with Crippen LogP contribution in [0.4, 0.5) is 0 Å². The van der Waals surface area contributed by atoms with E-state index < -0.39 is 18.2 Å². The fourth-order valence-electron chi connectivity index (χ4n) is 1.32. The zero-order chi connectivity index (χ0) is 14.4. The van der Waals surface area contributed by atoms with Gasteiger partial charge in [-0.05, 0) is 41.5 Å². The Balaban J connectivity index is 2.58. The Kier molecular flexibility index (Phi) is 4.02. The molecule has 0 aromatic heterocycles. The smallest absolute Gasteiger partial charge is 0.220 e. The first kappa shape index (κ1) is 16.0. The lowest BCUT2D eigenvalue weighted by Gasteiger charge is -2.42. The third-order valence-corrected chi connectivity index (χ3v) is 4.25. The van der Waals surface area contributed by atoms with E-state index in [-0.39, 0.29) is 11.2 Å². The molecule has 4 nitrogen and oxygen atoms in total. The Morgan fingerprint density at radius 3 is 1.72 bits per heavy atom. The van der Waals surface area contributed by atoms with Crippen molar-refractivity contribution in [2.75, 3.05) is 0 Å². The van der Waals surface area contributed by atoms with Crippen molar-refractivity contribution in [3.05, 3.63) is 0 Å². The fourth-order valence-corrected chi connectivity index (χ4v) is 1.32. The van der Waals surface area contributed by atoms with Crippen molar-refractivity contribution in [1.29, 1.82) is 0 Å². The van der Waals surface area contributed by atoms with Crippen LogP contribution in [0.15, 0.2) is 0 Å². The molecule has 1 aliphatic heterocycles.